The number of nitriles is 1. The lowest BCUT2D eigenvalue weighted by molar-refractivity contribution is 0.323. The van der Waals surface area contributed by atoms with Crippen LogP contribution in [0.5, 0.6) is 0 Å². The van der Waals surface area contributed by atoms with Crippen molar-refractivity contribution < 1.29 is 0 Å². The summed E-state index contributed by atoms with van der Waals surface area (Å²) >= 11 is 6.41. The summed E-state index contributed by atoms with van der Waals surface area (Å²) in [5.41, 5.74) is 10.3. The smallest absolute Gasteiger partial charge is 0.177 e. The summed E-state index contributed by atoms with van der Waals surface area (Å²) in [6, 6.07) is 7.00. The van der Waals surface area contributed by atoms with Crippen LogP contribution < -0.4 is 10.9 Å². The lowest BCUT2D eigenvalue weighted by atomic mass is 9.92. The van der Waals surface area contributed by atoms with E-state index in [1.165, 1.54) is 6.42 Å². The third kappa shape index (κ3) is 3.21. The number of benzene rings is 1. The van der Waals surface area contributed by atoms with Crippen molar-refractivity contribution in [2.45, 2.75) is 52.1 Å². The standard InChI is InChI=1S/C21H23ClN6/c1-12(2)26-27-14-10-24-21(25-11-14)20-17(9-23)16-7-13(3)18(22)8-19(16)28(20)15-5-4-6-15/h7-8,10-12,15,26-27H,4-6H2,1-3H3. The van der Waals surface area contributed by atoms with Crippen LogP contribution in [0.2, 0.25) is 5.02 Å². The molecule has 1 fully saturated rings. The summed E-state index contributed by atoms with van der Waals surface area (Å²) < 4.78 is 2.22. The molecule has 0 radical (unpaired) electrons. The zero-order valence-electron chi connectivity index (χ0n) is 16.3. The molecular formula is C21H23ClN6. The normalized spacial score (nSPS) is 14.3. The Morgan fingerprint density at radius 3 is 2.54 bits per heavy atom. The first-order chi connectivity index (χ1) is 13.5. The molecule has 0 atom stereocenters. The van der Waals surface area contributed by atoms with Gasteiger partial charge in [-0.1, -0.05) is 11.6 Å². The van der Waals surface area contributed by atoms with Crippen LogP contribution in [0, 0.1) is 18.3 Å². The number of rotatable bonds is 5. The molecule has 28 heavy (non-hydrogen) atoms. The number of halogens is 1. The van der Waals surface area contributed by atoms with Crippen molar-refractivity contribution in [3.63, 3.8) is 0 Å². The van der Waals surface area contributed by atoms with Crippen LogP contribution in [0.25, 0.3) is 22.4 Å². The van der Waals surface area contributed by atoms with Crippen molar-refractivity contribution >= 4 is 28.2 Å². The van der Waals surface area contributed by atoms with E-state index in [1.54, 1.807) is 12.4 Å². The Morgan fingerprint density at radius 2 is 1.96 bits per heavy atom. The summed E-state index contributed by atoms with van der Waals surface area (Å²) in [7, 11) is 0. The molecule has 0 spiro atoms. The second kappa shape index (κ2) is 7.42. The minimum absolute atomic E-state index is 0.291. The first-order valence-corrected chi connectivity index (χ1v) is 9.95. The molecule has 1 aliphatic carbocycles. The molecular weight excluding hydrogens is 372 g/mol. The van der Waals surface area contributed by atoms with E-state index < -0.39 is 0 Å². The van der Waals surface area contributed by atoms with Gasteiger partial charge in [0.2, 0.25) is 0 Å². The molecule has 6 nitrogen and oxygen atoms in total. The topological polar surface area (TPSA) is 78.6 Å². The summed E-state index contributed by atoms with van der Waals surface area (Å²) in [6.45, 7) is 6.05. The zero-order chi connectivity index (χ0) is 19.8. The summed E-state index contributed by atoms with van der Waals surface area (Å²) in [4.78, 5) is 9.12. The number of hydrazine groups is 1. The number of aromatic nitrogens is 3. The monoisotopic (exact) mass is 394 g/mol. The number of aryl methyl sites for hydroxylation is 1. The molecule has 1 aliphatic rings. The van der Waals surface area contributed by atoms with Gasteiger partial charge >= 0.3 is 0 Å². The second-order valence-electron chi connectivity index (χ2n) is 7.63. The Hall–Kier alpha value is -2.62. The van der Waals surface area contributed by atoms with Gasteiger partial charge in [-0.15, -0.1) is 0 Å². The maximum absolute atomic E-state index is 9.95. The molecule has 3 aromatic rings. The number of fused-ring (bicyclic) bond motifs is 1. The Labute approximate surface area is 169 Å². The molecule has 1 aromatic carbocycles. The minimum atomic E-state index is 0.291. The fourth-order valence-corrected chi connectivity index (χ4v) is 3.70. The summed E-state index contributed by atoms with van der Waals surface area (Å²) in [5, 5.41) is 11.6. The number of hydrogen-bond acceptors (Lipinski definition) is 5. The summed E-state index contributed by atoms with van der Waals surface area (Å²) in [5.74, 6) is 0.559. The number of hydrogen-bond donors (Lipinski definition) is 2. The lowest BCUT2D eigenvalue weighted by Gasteiger charge is -2.29. The van der Waals surface area contributed by atoms with E-state index in [9.17, 15) is 5.26 Å². The van der Waals surface area contributed by atoms with Gasteiger partial charge in [-0.3, -0.25) is 0 Å². The molecule has 2 aromatic heterocycles. The molecule has 0 bridgehead atoms. The minimum Gasteiger partial charge on any atom is -0.334 e. The molecule has 144 valence electrons. The SMILES string of the molecule is Cc1cc2c(C#N)c(-c3ncc(NNC(C)C)cn3)n(C3CCC3)c2cc1Cl. The highest BCUT2D eigenvalue weighted by Crippen LogP contribution is 2.42. The van der Waals surface area contributed by atoms with E-state index >= 15 is 0 Å². The van der Waals surface area contributed by atoms with Crippen LogP contribution in [-0.4, -0.2) is 20.6 Å². The first-order valence-electron chi connectivity index (χ1n) is 9.57. The average Bonchev–Trinajstić information content (AvgIpc) is 2.92. The quantitative estimate of drug-likeness (QED) is 0.596. The van der Waals surface area contributed by atoms with E-state index in [0.29, 0.717) is 28.5 Å². The molecule has 0 amide bonds. The van der Waals surface area contributed by atoms with E-state index in [4.69, 9.17) is 11.6 Å². The van der Waals surface area contributed by atoms with Crippen molar-refractivity contribution in [2.75, 3.05) is 5.43 Å². The molecule has 0 aliphatic heterocycles. The van der Waals surface area contributed by atoms with Gasteiger partial charge in [-0.05, 0) is 57.7 Å². The average molecular weight is 395 g/mol. The third-order valence-electron chi connectivity index (χ3n) is 5.20. The number of nitrogens with one attached hydrogen (secondary N) is 2. The highest BCUT2D eigenvalue weighted by atomic mass is 35.5. The molecule has 7 heteroatoms. The van der Waals surface area contributed by atoms with E-state index in [1.807, 2.05) is 32.9 Å². The lowest BCUT2D eigenvalue weighted by Crippen LogP contribution is -2.29. The Morgan fingerprint density at radius 1 is 1.25 bits per heavy atom. The van der Waals surface area contributed by atoms with Crippen molar-refractivity contribution in [3.05, 3.63) is 40.7 Å². The van der Waals surface area contributed by atoms with Crippen LogP contribution in [-0.2, 0) is 0 Å². The highest BCUT2D eigenvalue weighted by Gasteiger charge is 2.29. The van der Waals surface area contributed by atoms with Crippen LogP contribution >= 0.6 is 11.6 Å². The molecule has 2 N–H and O–H groups in total. The number of anilines is 1. The fourth-order valence-electron chi connectivity index (χ4n) is 3.54. The van der Waals surface area contributed by atoms with Gasteiger partial charge < -0.3 is 9.99 Å². The van der Waals surface area contributed by atoms with Crippen LogP contribution in [0.3, 0.4) is 0 Å². The maximum Gasteiger partial charge on any atom is 0.177 e. The van der Waals surface area contributed by atoms with Crippen molar-refractivity contribution in [1.82, 2.24) is 20.0 Å². The number of nitrogens with zero attached hydrogens (tertiary/aromatic N) is 4. The van der Waals surface area contributed by atoms with Gasteiger partial charge in [-0.25, -0.2) is 15.4 Å². The van der Waals surface area contributed by atoms with Gasteiger partial charge in [0.05, 0.1) is 29.2 Å². The van der Waals surface area contributed by atoms with Gasteiger partial charge in [0.15, 0.2) is 5.82 Å². The van der Waals surface area contributed by atoms with E-state index in [-0.39, 0.29) is 0 Å². The van der Waals surface area contributed by atoms with E-state index in [2.05, 4.69) is 31.5 Å². The predicted octanol–water partition coefficient (Wildman–Crippen LogP) is 4.98. The predicted molar refractivity (Wildman–Crippen MR) is 112 cm³/mol. The Kier molecular flexibility index (Phi) is 4.96. The first kappa shape index (κ1) is 18.7. The molecule has 0 unspecified atom stereocenters. The van der Waals surface area contributed by atoms with E-state index in [0.717, 1.165) is 40.7 Å². The maximum atomic E-state index is 9.95. The van der Waals surface area contributed by atoms with Gasteiger partial charge in [0, 0.05) is 22.5 Å². The Bertz CT molecular complexity index is 1060. The van der Waals surface area contributed by atoms with Gasteiger partial charge in [-0.2, -0.15) is 5.26 Å². The molecule has 4 rings (SSSR count). The van der Waals surface area contributed by atoms with Crippen LogP contribution in [0.15, 0.2) is 24.5 Å². The third-order valence-corrected chi connectivity index (χ3v) is 5.61. The van der Waals surface area contributed by atoms with Gasteiger partial charge in [0.25, 0.3) is 0 Å². The fraction of sp³-hybridized carbons (Fsp3) is 0.381. The largest absolute Gasteiger partial charge is 0.334 e. The Balaban J connectivity index is 1.87. The van der Waals surface area contributed by atoms with Crippen LogP contribution in [0.1, 0.15) is 50.3 Å². The van der Waals surface area contributed by atoms with Crippen molar-refractivity contribution in [3.8, 4) is 17.6 Å². The zero-order valence-corrected chi connectivity index (χ0v) is 17.0. The van der Waals surface area contributed by atoms with Crippen molar-refractivity contribution in [1.29, 1.82) is 5.26 Å². The molecule has 0 saturated heterocycles. The molecule has 2 heterocycles. The second-order valence-corrected chi connectivity index (χ2v) is 8.04. The molecule has 1 saturated carbocycles. The van der Waals surface area contributed by atoms with Gasteiger partial charge in [0.1, 0.15) is 11.8 Å². The van der Waals surface area contributed by atoms with Crippen LogP contribution in [0.4, 0.5) is 5.69 Å². The summed E-state index contributed by atoms with van der Waals surface area (Å²) in [6.07, 6.45) is 6.84. The van der Waals surface area contributed by atoms with Crippen molar-refractivity contribution in [2.24, 2.45) is 0 Å². The highest BCUT2D eigenvalue weighted by molar-refractivity contribution is 6.32.